The fourth-order valence-electron chi connectivity index (χ4n) is 1.18. The van der Waals surface area contributed by atoms with Gasteiger partial charge < -0.3 is 10.4 Å². The molecule has 0 aromatic carbocycles. The van der Waals surface area contributed by atoms with Crippen molar-refractivity contribution in [2.75, 3.05) is 6.54 Å². The second-order valence-corrected chi connectivity index (χ2v) is 4.16. The lowest BCUT2D eigenvalue weighted by molar-refractivity contribution is 0.0349. The molecule has 11 heavy (non-hydrogen) atoms. The summed E-state index contributed by atoms with van der Waals surface area (Å²) in [5, 5.41) is 12.9. The summed E-state index contributed by atoms with van der Waals surface area (Å²) in [6, 6.07) is 0.181. The minimum absolute atomic E-state index is 0.0262. The van der Waals surface area contributed by atoms with Crippen molar-refractivity contribution < 1.29 is 5.11 Å². The zero-order valence-electron chi connectivity index (χ0n) is 8.31. The highest BCUT2D eigenvalue weighted by Crippen LogP contribution is 2.21. The van der Waals surface area contributed by atoms with Crippen LogP contribution in [0.15, 0.2) is 0 Å². The van der Waals surface area contributed by atoms with Crippen LogP contribution in [-0.4, -0.2) is 23.8 Å². The molecule has 0 bridgehead atoms. The van der Waals surface area contributed by atoms with Crippen molar-refractivity contribution in [3.05, 3.63) is 0 Å². The van der Waals surface area contributed by atoms with Gasteiger partial charge in [-0.2, -0.15) is 0 Å². The van der Waals surface area contributed by atoms with E-state index in [2.05, 4.69) is 5.32 Å². The molecule has 2 nitrogen and oxygen atoms in total. The van der Waals surface area contributed by atoms with Crippen molar-refractivity contribution >= 4 is 0 Å². The van der Waals surface area contributed by atoms with E-state index in [0.717, 1.165) is 6.54 Å². The summed E-state index contributed by atoms with van der Waals surface area (Å²) in [5.41, 5.74) is -0.0262. The van der Waals surface area contributed by atoms with Crippen molar-refractivity contribution in [2.24, 2.45) is 5.41 Å². The van der Waals surface area contributed by atoms with Crippen LogP contribution in [0.1, 0.15) is 34.6 Å². The molecule has 0 aliphatic carbocycles. The van der Waals surface area contributed by atoms with E-state index in [9.17, 15) is 5.11 Å². The fourth-order valence-corrected chi connectivity index (χ4v) is 1.18. The van der Waals surface area contributed by atoms with Crippen LogP contribution in [0, 0.1) is 5.41 Å². The first-order valence-corrected chi connectivity index (χ1v) is 4.31. The van der Waals surface area contributed by atoms with Crippen molar-refractivity contribution in [2.45, 2.75) is 46.8 Å². The molecule has 2 atom stereocenters. The molecule has 68 valence electrons. The third-order valence-electron chi connectivity index (χ3n) is 1.89. The summed E-state index contributed by atoms with van der Waals surface area (Å²) in [6.45, 7) is 11.1. The van der Waals surface area contributed by atoms with E-state index in [1.165, 1.54) is 0 Å². The molecule has 2 unspecified atom stereocenters. The molecule has 0 rings (SSSR count). The standard InChI is InChI=1S/C9H21NO/c1-6-10-7(2)8(11)9(3,4)5/h7-8,10-11H,6H2,1-5H3. The third kappa shape index (κ3) is 3.73. The maximum absolute atomic E-state index is 9.72. The molecule has 0 aliphatic rings. The lowest BCUT2D eigenvalue weighted by Gasteiger charge is -2.31. The van der Waals surface area contributed by atoms with Gasteiger partial charge in [-0.3, -0.25) is 0 Å². The van der Waals surface area contributed by atoms with E-state index in [-0.39, 0.29) is 17.6 Å². The summed E-state index contributed by atoms with van der Waals surface area (Å²) >= 11 is 0. The fraction of sp³-hybridized carbons (Fsp3) is 1.00. The Morgan fingerprint density at radius 2 is 1.82 bits per heavy atom. The largest absolute Gasteiger partial charge is 0.391 e. The topological polar surface area (TPSA) is 32.3 Å². The first kappa shape index (κ1) is 10.9. The highest BCUT2D eigenvalue weighted by Gasteiger charge is 2.26. The van der Waals surface area contributed by atoms with E-state index in [0.29, 0.717) is 0 Å². The van der Waals surface area contributed by atoms with Gasteiger partial charge in [0.15, 0.2) is 0 Å². The molecule has 0 aliphatic heterocycles. The Bertz CT molecular complexity index is 107. The molecule has 0 saturated heterocycles. The number of nitrogens with one attached hydrogen (secondary N) is 1. The number of aliphatic hydroxyl groups is 1. The summed E-state index contributed by atoms with van der Waals surface area (Å²) < 4.78 is 0. The Morgan fingerprint density at radius 3 is 2.09 bits per heavy atom. The van der Waals surface area contributed by atoms with E-state index in [4.69, 9.17) is 0 Å². The van der Waals surface area contributed by atoms with Gasteiger partial charge in [0.25, 0.3) is 0 Å². The van der Waals surface area contributed by atoms with E-state index < -0.39 is 0 Å². The normalized spacial score (nSPS) is 18.0. The van der Waals surface area contributed by atoms with Crippen LogP contribution in [0.5, 0.6) is 0 Å². The summed E-state index contributed by atoms with van der Waals surface area (Å²) in [5.74, 6) is 0. The van der Waals surface area contributed by atoms with Crippen molar-refractivity contribution in [3.63, 3.8) is 0 Å². The molecule has 0 aromatic rings. The third-order valence-corrected chi connectivity index (χ3v) is 1.89. The van der Waals surface area contributed by atoms with Crippen LogP contribution in [0.3, 0.4) is 0 Å². The monoisotopic (exact) mass is 159 g/mol. The smallest absolute Gasteiger partial charge is 0.0738 e. The predicted molar refractivity (Wildman–Crippen MR) is 48.6 cm³/mol. The lowest BCUT2D eigenvalue weighted by Crippen LogP contribution is -2.44. The molecular formula is C9H21NO. The highest BCUT2D eigenvalue weighted by atomic mass is 16.3. The first-order chi connectivity index (χ1) is 4.89. The zero-order valence-corrected chi connectivity index (χ0v) is 8.31. The molecule has 0 spiro atoms. The number of likely N-dealkylation sites (N-methyl/N-ethyl adjacent to an activating group) is 1. The minimum Gasteiger partial charge on any atom is -0.391 e. The van der Waals surface area contributed by atoms with Gasteiger partial charge in [-0.05, 0) is 18.9 Å². The molecule has 2 heteroatoms. The SMILES string of the molecule is CCNC(C)C(O)C(C)(C)C. The number of hydrogen-bond acceptors (Lipinski definition) is 2. The van der Waals surface area contributed by atoms with Gasteiger partial charge >= 0.3 is 0 Å². The van der Waals surface area contributed by atoms with Crippen LogP contribution in [0.4, 0.5) is 0 Å². The molecule has 0 amide bonds. The van der Waals surface area contributed by atoms with Gasteiger partial charge in [-0.15, -0.1) is 0 Å². The van der Waals surface area contributed by atoms with E-state index in [1.54, 1.807) is 0 Å². The van der Waals surface area contributed by atoms with Gasteiger partial charge in [0, 0.05) is 6.04 Å². The minimum atomic E-state index is -0.276. The Hall–Kier alpha value is -0.0800. The number of rotatable bonds is 3. The Balaban J connectivity index is 3.91. The summed E-state index contributed by atoms with van der Waals surface area (Å²) in [4.78, 5) is 0. The lowest BCUT2D eigenvalue weighted by atomic mass is 9.85. The quantitative estimate of drug-likeness (QED) is 0.652. The summed E-state index contributed by atoms with van der Waals surface area (Å²) in [6.07, 6.45) is -0.276. The molecule has 2 N–H and O–H groups in total. The predicted octanol–water partition coefficient (Wildman–Crippen LogP) is 1.39. The average Bonchev–Trinajstić information content (AvgIpc) is 1.85. The number of aliphatic hydroxyl groups excluding tert-OH is 1. The van der Waals surface area contributed by atoms with Crippen molar-refractivity contribution in [1.82, 2.24) is 5.32 Å². The highest BCUT2D eigenvalue weighted by molar-refractivity contribution is 4.81. The first-order valence-electron chi connectivity index (χ1n) is 4.31. The zero-order chi connectivity index (χ0) is 9.07. The van der Waals surface area contributed by atoms with Gasteiger partial charge in [-0.25, -0.2) is 0 Å². The van der Waals surface area contributed by atoms with Crippen LogP contribution in [-0.2, 0) is 0 Å². The Labute approximate surface area is 70.0 Å². The van der Waals surface area contributed by atoms with Gasteiger partial charge in [0.2, 0.25) is 0 Å². The van der Waals surface area contributed by atoms with E-state index >= 15 is 0 Å². The van der Waals surface area contributed by atoms with Crippen molar-refractivity contribution in [3.8, 4) is 0 Å². The van der Waals surface area contributed by atoms with Crippen LogP contribution in [0.25, 0.3) is 0 Å². The van der Waals surface area contributed by atoms with Crippen molar-refractivity contribution in [1.29, 1.82) is 0 Å². The van der Waals surface area contributed by atoms with E-state index in [1.807, 2.05) is 34.6 Å². The number of hydrogen-bond donors (Lipinski definition) is 2. The molecule has 0 saturated carbocycles. The average molecular weight is 159 g/mol. The van der Waals surface area contributed by atoms with Gasteiger partial charge in [0.05, 0.1) is 6.10 Å². The molecular weight excluding hydrogens is 138 g/mol. The van der Waals surface area contributed by atoms with Gasteiger partial charge in [-0.1, -0.05) is 27.7 Å². The second-order valence-electron chi connectivity index (χ2n) is 4.16. The molecule has 0 aromatic heterocycles. The second kappa shape index (κ2) is 4.07. The maximum atomic E-state index is 9.72. The van der Waals surface area contributed by atoms with Crippen LogP contribution >= 0.6 is 0 Å². The summed E-state index contributed by atoms with van der Waals surface area (Å²) in [7, 11) is 0. The van der Waals surface area contributed by atoms with Crippen LogP contribution in [0.2, 0.25) is 0 Å². The molecule has 0 fully saturated rings. The Morgan fingerprint density at radius 1 is 1.36 bits per heavy atom. The maximum Gasteiger partial charge on any atom is 0.0738 e. The Kier molecular flexibility index (Phi) is 4.04. The van der Waals surface area contributed by atoms with Gasteiger partial charge in [0.1, 0.15) is 0 Å². The van der Waals surface area contributed by atoms with Crippen LogP contribution < -0.4 is 5.32 Å². The molecule has 0 radical (unpaired) electrons. The molecule has 0 heterocycles.